The van der Waals surface area contributed by atoms with Gasteiger partial charge in [0.05, 0.1) is 7.11 Å². The van der Waals surface area contributed by atoms with E-state index in [9.17, 15) is 4.79 Å². The van der Waals surface area contributed by atoms with Crippen LogP contribution in [0.3, 0.4) is 0 Å². The van der Waals surface area contributed by atoms with E-state index in [-0.39, 0.29) is 5.97 Å². The van der Waals surface area contributed by atoms with Crippen LogP contribution in [0.2, 0.25) is 0 Å². The number of ether oxygens (including phenoxy) is 1. The number of hydrogen-bond donors (Lipinski definition) is 0. The van der Waals surface area contributed by atoms with Crippen LogP contribution in [0.25, 0.3) is 0 Å². The molecule has 0 spiro atoms. The van der Waals surface area contributed by atoms with Gasteiger partial charge in [-0.3, -0.25) is 0 Å². The Balaban J connectivity index is 2.21. The first kappa shape index (κ1) is 16.0. The molecule has 0 bridgehead atoms. The predicted molar refractivity (Wildman–Crippen MR) is 79.9 cm³/mol. The molecular weight excluding hydrogens is 236 g/mol. The summed E-state index contributed by atoms with van der Waals surface area (Å²) in [5.41, 5.74) is 3.16. The molecule has 2 nitrogen and oxygen atoms in total. The summed E-state index contributed by atoms with van der Waals surface area (Å²) in [4.78, 5) is 11.1. The van der Waals surface area contributed by atoms with Crippen molar-refractivity contribution in [3.05, 3.63) is 23.3 Å². The van der Waals surface area contributed by atoms with Gasteiger partial charge >= 0.3 is 5.97 Å². The van der Waals surface area contributed by atoms with Gasteiger partial charge in [-0.1, -0.05) is 31.1 Å². The molecule has 0 saturated heterocycles. The molecule has 0 heterocycles. The van der Waals surface area contributed by atoms with Gasteiger partial charge in [0, 0.05) is 6.08 Å². The highest BCUT2D eigenvalue weighted by Gasteiger charge is 2.44. The number of methoxy groups -OCH3 is 1. The van der Waals surface area contributed by atoms with E-state index in [2.05, 4.69) is 31.6 Å². The summed E-state index contributed by atoms with van der Waals surface area (Å²) in [5.74, 6) is 0.672. The SMILES string of the molecule is COC(=O)C=C(C)CCC=C(C)CCC1CC1(C)C. The summed E-state index contributed by atoms with van der Waals surface area (Å²) < 4.78 is 4.61. The van der Waals surface area contributed by atoms with Gasteiger partial charge in [0.2, 0.25) is 0 Å². The molecule has 1 atom stereocenters. The maximum atomic E-state index is 11.1. The van der Waals surface area contributed by atoms with Gasteiger partial charge in [0.1, 0.15) is 0 Å². The smallest absolute Gasteiger partial charge is 0.330 e. The second-order valence-electron chi connectivity index (χ2n) is 6.53. The Hall–Kier alpha value is -1.05. The highest BCUT2D eigenvalue weighted by atomic mass is 16.5. The Kier molecular flexibility index (Phi) is 5.84. The Labute approximate surface area is 117 Å². The third-order valence-electron chi connectivity index (χ3n) is 4.20. The van der Waals surface area contributed by atoms with Crippen molar-refractivity contribution in [2.75, 3.05) is 7.11 Å². The van der Waals surface area contributed by atoms with E-state index in [0.717, 1.165) is 24.3 Å². The van der Waals surface area contributed by atoms with Crippen molar-refractivity contribution in [3.8, 4) is 0 Å². The molecule has 1 aliphatic carbocycles. The zero-order valence-corrected chi connectivity index (χ0v) is 13.1. The first-order valence-corrected chi connectivity index (χ1v) is 7.26. The lowest BCUT2D eigenvalue weighted by molar-refractivity contribution is -0.134. The molecule has 1 fully saturated rings. The molecule has 1 rings (SSSR count). The summed E-state index contributed by atoms with van der Waals surface area (Å²) in [7, 11) is 1.41. The van der Waals surface area contributed by atoms with Crippen LogP contribution in [0.15, 0.2) is 23.3 Å². The standard InChI is InChI=1S/C17H28O2/c1-13(9-10-15-12-17(15,3)4)7-6-8-14(2)11-16(18)19-5/h7,11,15H,6,8-10,12H2,1-5H3. The van der Waals surface area contributed by atoms with Crippen LogP contribution in [-0.4, -0.2) is 13.1 Å². The Morgan fingerprint density at radius 1 is 1.26 bits per heavy atom. The monoisotopic (exact) mass is 264 g/mol. The minimum atomic E-state index is -0.255. The Bertz CT molecular complexity index is 375. The van der Waals surface area contributed by atoms with Crippen LogP contribution in [0, 0.1) is 11.3 Å². The van der Waals surface area contributed by atoms with Crippen molar-refractivity contribution >= 4 is 5.97 Å². The van der Waals surface area contributed by atoms with Crippen molar-refractivity contribution in [2.45, 2.75) is 59.8 Å². The lowest BCUT2D eigenvalue weighted by atomic mass is 10.0. The van der Waals surface area contributed by atoms with Gasteiger partial charge in [-0.2, -0.15) is 0 Å². The maximum Gasteiger partial charge on any atom is 0.330 e. The van der Waals surface area contributed by atoms with Crippen molar-refractivity contribution < 1.29 is 9.53 Å². The topological polar surface area (TPSA) is 26.3 Å². The highest BCUT2D eigenvalue weighted by Crippen LogP contribution is 2.54. The van der Waals surface area contributed by atoms with E-state index in [1.165, 1.54) is 31.9 Å². The molecule has 0 aromatic rings. The van der Waals surface area contributed by atoms with Crippen molar-refractivity contribution in [3.63, 3.8) is 0 Å². The van der Waals surface area contributed by atoms with Crippen molar-refractivity contribution in [1.29, 1.82) is 0 Å². The fourth-order valence-corrected chi connectivity index (χ4v) is 2.45. The second-order valence-corrected chi connectivity index (χ2v) is 6.53. The van der Waals surface area contributed by atoms with Crippen LogP contribution in [0.5, 0.6) is 0 Å². The van der Waals surface area contributed by atoms with Gasteiger partial charge in [-0.25, -0.2) is 4.79 Å². The molecule has 0 N–H and O–H groups in total. The molecule has 2 heteroatoms. The van der Waals surface area contributed by atoms with Crippen LogP contribution < -0.4 is 0 Å². The number of carbonyl (C=O) groups is 1. The molecule has 1 unspecified atom stereocenters. The van der Waals surface area contributed by atoms with Gasteiger partial charge in [-0.15, -0.1) is 0 Å². The molecule has 1 saturated carbocycles. The summed E-state index contributed by atoms with van der Waals surface area (Å²) in [6.45, 7) is 8.91. The fourth-order valence-electron chi connectivity index (χ4n) is 2.45. The average molecular weight is 264 g/mol. The molecule has 0 aromatic carbocycles. The average Bonchev–Trinajstić information content (AvgIpc) is 2.94. The van der Waals surface area contributed by atoms with E-state index in [1.54, 1.807) is 6.08 Å². The summed E-state index contributed by atoms with van der Waals surface area (Å²) in [5, 5.41) is 0. The number of allylic oxidation sites excluding steroid dienone is 3. The van der Waals surface area contributed by atoms with Crippen LogP contribution in [0.4, 0.5) is 0 Å². The fraction of sp³-hybridized carbons (Fsp3) is 0.706. The number of rotatable bonds is 7. The largest absolute Gasteiger partial charge is 0.466 e. The minimum Gasteiger partial charge on any atom is -0.466 e. The second kappa shape index (κ2) is 6.93. The molecule has 0 radical (unpaired) electrons. The van der Waals surface area contributed by atoms with E-state index in [0.29, 0.717) is 5.41 Å². The van der Waals surface area contributed by atoms with E-state index >= 15 is 0 Å². The molecule has 0 amide bonds. The van der Waals surface area contributed by atoms with Gasteiger partial charge < -0.3 is 4.74 Å². The van der Waals surface area contributed by atoms with Gasteiger partial charge in [-0.05, 0) is 57.3 Å². The van der Waals surface area contributed by atoms with Crippen LogP contribution in [-0.2, 0) is 9.53 Å². The number of esters is 1. The Morgan fingerprint density at radius 3 is 2.42 bits per heavy atom. The zero-order chi connectivity index (χ0) is 14.5. The first-order chi connectivity index (χ1) is 8.85. The number of carbonyl (C=O) groups excluding carboxylic acids is 1. The molecule has 0 aromatic heterocycles. The number of hydrogen-bond acceptors (Lipinski definition) is 2. The van der Waals surface area contributed by atoms with Crippen LogP contribution >= 0.6 is 0 Å². The summed E-state index contributed by atoms with van der Waals surface area (Å²) in [6, 6.07) is 0. The third kappa shape index (κ3) is 6.09. The van der Waals surface area contributed by atoms with Gasteiger partial charge in [0.25, 0.3) is 0 Å². The van der Waals surface area contributed by atoms with E-state index < -0.39 is 0 Å². The summed E-state index contributed by atoms with van der Waals surface area (Å²) in [6.07, 6.45) is 9.77. The molecule has 108 valence electrons. The highest BCUT2D eigenvalue weighted by molar-refractivity contribution is 5.82. The lowest BCUT2D eigenvalue weighted by Gasteiger charge is -2.04. The molecule has 19 heavy (non-hydrogen) atoms. The third-order valence-corrected chi connectivity index (χ3v) is 4.20. The first-order valence-electron chi connectivity index (χ1n) is 7.26. The maximum absolute atomic E-state index is 11.1. The quantitative estimate of drug-likeness (QED) is 0.380. The molecular formula is C17H28O2. The summed E-state index contributed by atoms with van der Waals surface area (Å²) >= 11 is 0. The molecule has 1 aliphatic rings. The van der Waals surface area contributed by atoms with E-state index in [1.807, 2.05) is 6.92 Å². The molecule has 0 aliphatic heterocycles. The predicted octanol–water partition coefficient (Wildman–Crippen LogP) is 4.66. The lowest BCUT2D eigenvalue weighted by Crippen LogP contribution is -1.95. The Morgan fingerprint density at radius 2 is 1.89 bits per heavy atom. The van der Waals surface area contributed by atoms with Crippen molar-refractivity contribution in [2.24, 2.45) is 11.3 Å². The zero-order valence-electron chi connectivity index (χ0n) is 13.1. The van der Waals surface area contributed by atoms with Crippen LogP contribution in [0.1, 0.15) is 59.8 Å². The normalized spacial score (nSPS) is 22.3. The minimum absolute atomic E-state index is 0.255. The van der Waals surface area contributed by atoms with Gasteiger partial charge in [0.15, 0.2) is 0 Å². The van der Waals surface area contributed by atoms with E-state index in [4.69, 9.17) is 0 Å². The van der Waals surface area contributed by atoms with Crippen molar-refractivity contribution in [1.82, 2.24) is 0 Å².